The van der Waals surface area contributed by atoms with E-state index >= 15 is 0 Å². The molecular formula is C17H29N3S. The van der Waals surface area contributed by atoms with Crippen LogP contribution in [-0.2, 0) is 0 Å². The average molecular weight is 308 g/mol. The smallest absolute Gasteiger partial charge is 0.122 e. The van der Waals surface area contributed by atoms with Gasteiger partial charge in [0.2, 0.25) is 0 Å². The predicted molar refractivity (Wildman–Crippen MR) is 93.0 cm³/mol. The van der Waals surface area contributed by atoms with Crippen molar-refractivity contribution in [3.05, 3.63) is 0 Å². The second kappa shape index (κ2) is 5.96. The van der Waals surface area contributed by atoms with Gasteiger partial charge in [-0.15, -0.1) is 0 Å². The average Bonchev–Trinajstić information content (AvgIpc) is 3.04. The molecule has 0 N–H and O–H groups in total. The molecule has 1 unspecified atom stereocenters. The summed E-state index contributed by atoms with van der Waals surface area (Å²) in [7, 11) is 2.13. The number of nitrogens with zero attached hydrogens (tertiary/aromatic N) is 3. The maximum atomic E-state index is 5.75. The lowest BCUT2D eigenvalue weighted by molar-refractivity contribution is 0.223. The summed E-state index contributed by atoms with van der Waals surface area (Å²) in [6.45, 7) is 7.01. The molecule has 2 heterocycles. The number of likely N-dealkylation sites (tertiary alicyclic amines) is 2. The summed E-state index contributed by atoms with van der Waals surface area (Å²) in [5, 5.41) is 0. The van der Waals surface area contributed by atoms with Crippen molar-refractivity contribution in [1.82, 2.24) is 9.80 Å². The Morgan fingerprint density at radius 2 is 1.67 bits per heavy atom. The first kappa shape index (κ1) is 15.4. The van der Waals surface area contributed by atoms with Crippen LogP contribution in [0.5, 0.6) is 0 Å². The van der Waals surface area contributed by atoms with E-state index in [9.17, 15) is 0 Å². The van der Waals surface area contributed by atoms with Crippen molar-refractivity contribution in [1.29, 1.82) is 0 Å². The molecule has 3 nitrogen and oxygen atoms in total. The molecular weight excluding hydrogens is 278 g/mol. The lowest BCUT2D eigenvalue weighted by atomic mass is 9.86. The highest BCUT2D eigenvalue weighted by Crippen LogP contribution is 2.39. The quantitative estimate of drug-likeness (QED) is 0.728. The first-order valence-electron chi connectivity index (χ1n) is 8.61. The van der Waals surface area contributed by atoms with E-state index in [4.69, 9.17) is 17.2 Å². The third-order valence-corrected chi connectivity index (χ3v) is 6.32. The Hall–Kier alpha value is -0.480. The van der Waals surface area contributed by atoms with Crippen molar-refractivity contribution in [3.8, 4) is 0 Å². The summed E-state index contributed by atoms with van der Waals surface area (Å²) in [6, 6.07) is 0.914. The Balaban J connectivity index is 1.90. The fraction of sp³-hybridized carbons (Fsp3) is 0.882. The van der Waals surface area contributed by atoms with Gasteiger partial charge in [0.05, 0.1) is 17.1 Å². The fourth-order valence-electron chi connectivity index (χ4n) is 4.33. The van der Waals surface area contributed by atoms with Crippen LogP contribution in [0.4, 0.5) is 0 Å². The van der Waals surface area contributed by atoms with Crippen molar-refractivity contribution in [2.45, 2.75) is 70.9 Å². The summed E-state index contributed by atoms with van der Waals surface area (Å²) >= 11 is 5.75. The molecule has 1 atom stereocenters. The lowest BCUT2D eigenvalue weighted by Crippen LogP contribution is -2.46. The highest BCUT2D eigenvalue weighted by Gasteiger charge is 2.50. The largest absolute Gasteiger partial charge is 0.326 e. The van der Waals surface area contributed by atoms with Gasteiger partial charge in [-0.3, -0.25) is 9.89 Å². The van der Waals surface area contributed by atoms with Gasteiger partial charge in [0.15, 0.2) is 0 Å². The molecule has 0 aromatic carbocycles. The molecule has 0 spiro atoms. The van der Waals surface area contributed by atoms with Gasteiger partial charge in [0, 0.05) is 12.5 Å². The van der Waals surface area contributed by atoms with Gasteiger partial charge in [-0.2, -0.15) is 0 Å². The van der Waals surface area contributed by atoms with Gasteiger partial charge >= 0.3 is 0 Å². The van der Waals surface area contributed by atoms with E-state index in [1.807, 2.05) is 0 Å². The minimum absolute atomic E-state index is 0.0297. The Morgan fingerprint density at radius 1 is 1.05 bits per heavy atom. The van der Waals surface area contributed by atoms with Crippen molar-refractivity contribution in [2.75, 3.05) is 20.1 Å². The second-order valence-corrected chi connectivity index (χ2v) is 7.90. The summed E-state index contributed by atoms with van der Waals surface area (Å²) in [5.74, 6) is 1.25. The van der Waals surface area contributed by atoms with Crippen LogP contribution in [0.15, 0.2) is 4.99 Å². The molecule has 0 radical (unpaired) electrons. The molecule has 3 fully saturated rings. The minimum atomic E-state index is 0.0297. The van der Waals surface area contributed by atoms with Crippen LogP contribution in [-0.4, -0.2) is 52.8 Å². The predicted octanol–water partition coefficient (Wildman–Crippen LogP) is 3.48. The molecule has 3 rings (SSSR count). The molecule has 2 aliphatic heterocycles. The Morgan fingerprint density at radius 3 is 2.29 bits per heavy atom. The summed E-state index contributed by atoms with van der Waals surface area (Å²) < 4.78 is 0. The molecule has 0 bridgehead atoms. The Kier molecular flexibility index (Phi) is 4.37. The van der Waals surface area contributed by atoms with E-state index in [1.54, 1.807) is 0 Å². The third-order valence-electron chi connectivity index (χ3n) is 5.52. The van der Waals surface area contributed by atoms with Crippen LogP contribution in [0.25, 0.3) is 0 Å². The van der Waals surface area contributed by atoms with E-state index in [2.05, 4.69) is 30.7 Å². The van der Waals surface area contributed by atoms with E-state index in [1.165, 1.54) is 63.9 Å². The highest BCUT2D eigenvalue weighted by molar-refractivity contribution is 7.80. The molecule has 118 valence electrons. The van der Waals surface area contributed by atoms with Gasteiger partial charge < -0.3 is 4.90 Å². The van der Waals surface area contributed by atoms with Crippen molar-refractivity contribution in [2.24, 2.45) is 10.4 Å². The molecule has 1 aliphatic carbocycles. The molecule has 4 heteroatoms. The number of rotatable bonds is 2. The van der Waals surface area contributed by atoms with Crippen LogP contribution in [0.1, 0.15) is 58.8 Å². The number of thiocarbonyl (C=S) groups is 1. The summed E-state index contributed by atoms with van der Waals surface area (Å²) in [4.78, 5) is 11.1. The van der Waals surface area contributed by atoms with Crippen LogP contribution >= 0.6 is 12.2 Å². The van der Waals surface area contributed by atoms with Gasteiger partial charge in [-0.05, 0) is 38.8 Å². The van der Waals surface area contributed by atoms with Crippen molar-refractivity contribution < 1.29 is 0 Å². The minimum Gasteiger partial charge on any atom is -0.326 e. The van der Waals surface area contributed by atoms with Gasteiger partial charge in [-0.25, -0.2) is 0 Å². The van der Waals surface area contributed by atoms with Crippen LogP contribution in [0.3, 0.4) is 0 Å². The standard InChI is InChI=1S/C17H29N3S/c1-17(2)14(20-11-7-8-12-20)15(19(3)16(17)21)18-13-9-5-4-6-10-13/h13-14H,4-12H2,1-3H3. The molecule has 0 aromatic rings. The fourth-order valence-corrected chi connectivity index (χ4v) is 4.54. The van der Waals surface area contributed by atoms with Crippen LogP contribution in [0.2, 0.25) is 0 Å². The lowest BCUT2D eigenvalue weighted by Gasteiger charge is -2.33. The number of amidine groups is 1. The Labute approximate surface area is 134 Å². The molecule has 0 amide bonds. The van der Waals surface area contributed by atoms with Crippen molar-refractivity contribution >= 4 is 23.0 Å². The van der Waals surface area contributed by atoms with Gasteiger partial charge in [0.1, 0.15) is 5.84 Å². The number of hydrogen-bond donors (Lipinski definition) is 0. The zero-order chi connectivity index (χ0) is 15.0. The van der Waals surface area contributed by atoms with Crippen LogP contribution < -0.4 is 0 Å². The zero-order valence-electron chi connectivity index (χ0n) is 13.8. The summed E-state index contributed by atoms with van der Waals surface area (Å²) in [6.07, 6.45) is 9.23. The molecule has 0 aromatic heterocycles. The molecule has 1 saturated carbocycles. The topological polar surface area (TPSA) is 18.8 Å². The first-order chi connectivity index (χ1) is 10.0. The van der Waals surface area contributed by atoms with Crippen molar-refractivity contribution in [3.63, 3.8) is 0 Å². The maximum absolute atomic E-state index is 5.75. The van der Waals surface area contributed by atoms with Crippen LogP contribution in [0, 0.1) is 5.41 Å². The van der Waals surface area contributed by atoms with Gasteiger partial charge in [-0.1, -0.05) is 45.3 Å². The number of likely N-dealkylation sites (N-methyl/N-ethyl adjacent to an activating group) is 1. The Bertz CT molecular complexity index is 431. The van der Waals surface area contributed by atoms with E-state index in [-0.39, 0.29) is 5.41 Å². The normalized spacial score (nSPS) is 33.3. The van der Waals surface area contributed by atoms with E-state index in [0.29, 0.717) is 12.1 Å². The monoisotopic (exact) mass is 307 g/mol. The first-order valence-corrected chi connectivity index (χ1v) is 9.02. The highest BCUT2D eigenvalue weighted by atomic mass is 32.1. The molecule has 3 aliphatic rings. The number of hydrogen-bond acceptors (Lipinski definition) is 3. The van der Waals surface area contributed by atoms with E-state index < -0.39 is 0 Å². The van der Waals surface area contributed by atoms with E-state index in [0.717, 1.165) is 4.99 Å². The summed E-state index contributed by atoms with van der Waals surface area (Å²) in [5.41, 5.74) is 0.0297. The zero-order valence-corrected chi connectivity index (χ0v) is 14.6. The van der Waals surface area contributed by atoms with Gasteiger partial charge in [0.25, 0.3) is 0 Å². The SMILES string of the molecule is CN1C(=S)C(C)(C)C(N2CCCC2)C1=NC1CCCCC1. The third kappa shape index (κ3) is 2.77. The number of aliphatic imine (C=N–C) groups is 1. The molecule has 2 saturated heterocycles. The second-order valence-electron chi connectivity index (χ2n) is 7.51. The maximum Gasteiger partial charge on any atom is 0.122 e. The molecule has 21 heavy (non-hydrogen) atoms.